The van der Waals surface area contributed by atoms with Gasteiger partial charge in [-0.3, -0.25) is 4.79 Å². The number of ether oxygens (including phenoxy) is 2. The minimum Gasteiger partial charge on any atom is -0.462 e. The number of benzene rings is 2. The van der Waals surface area contributed by atoms with E-state index in [1.54, 1.807) is 0 Å². The minimum absolute atomic E-state index is 0.0698. The molecule has 3 nitrogen and oxygen atoms in total. The summed E-state index contributed by atoms with van der Waals surface area (Å²) < 4.78 is 11.6. The number of carbonyl (C=O) groups excluding carboxylic acids is 1. The van der Waals surface area contributed by atoms with Crippen LogP contribution in [-0.2, 0) is 27.1 Å². The second-order valence-corrected chi connectivity index (χ2v) is 7.85. The maximum atomic E-state index is 12.0. The van der Waals surface area contributed by atoms with Gasteiger partial charge in [0.15, 0.2) is 0 Å². The quantitative estimate of drug-likeness (QED) is 0.617. The van der Waals surface area contributed by atoms with E-state index < -0.39 is 0 Å². The van der Waals surface area contributed by atoms with E-state index in [2.05, 4.69) is 61.5 Å². The Balaban J connectivity index is 1.64. The van der Waals surface area contributed by atoms with Crippen LogP contribution in [0.3, 0.4) is 0 Å². The van der Waals surface area contributed by atoms with Crippen molar-refractivity contribution < 1.29 is 14.3 Å². The third-order valence-electron chi connectivity index (χ3n) is 5.80. The molecule has 0 aromatic heterocycles. The van der Waals surface area contributed by atoms with Crippen LogP contribution in [0.2, 0.25) is 0 Å². The van der Waals surface area contributed by atoms with Gasteiger partial charge in [-0.25, -0.2) is 0 Å². The number of esters is 1. The molecule has 28 heavy (non-hydrogen) atoms. The molecule has 3 heteroatoms. The Hall–Kier alpha value is -2.13. The van der Waals surface area contributed by atoms with Crippen molar-refractivity contribution in [2.45, 2.75) is 51.6 Å². The minimum atomic E-state index is -0.137. The van der Waals surface area contributed by atoms with Crippen LogP contribution in [-0.4, -0.2) is 25.3 Å². The molecule has 1 aliphatic rings. The molecule has 1 heterocycles. The van der Waals surface area contributed by atoms with Gasteiger partial charge < -0.3 is 9.47 Å². The number of carbonyl (C=O) groups is 1. The fourth-order valence-corrected chi connectivity index (χ4v) is 4.21. The Bertz CT molecular complexity index is 698. The molecular formula is C25H32O3. The first-order valence-corrected chi connectivity index (χ1v) is 10.6. The highest BCUT2D eigenvalue weighted by Crippen LogP contribution is 2.30. The maximum Gasteiger partial charge on any atom is 0.308 e. The second-order valence-electron chi connectivity index (χ2n) is 7.85. The number of hydrogen-bond acceptors (Lipinski definition) is 3. The average molecular weight is 381 g/mol. The van der Waals surface area contributed by atoms with Gasteiger partial charge in [-0.05, 0) is 56.1 Å². The monoisotopic (exact) mass is 380 g/mol. The van der Waals surface area contributed by atoms with Gasteiger partial charge in [0.1, 0.15) is 6.10 Å². The summed E-state index contributed by atoms with van der Waals surface area (Å²) in [6, 6.07) is 21.2. The third kappa shape index (κ3) is 6.49. The smallest absolute Gasteiger partial charge is 0.308 e. The highest BCUT2D eigenvalue weighted by atomic mass is 16.5. The van der Waals surface area contributed by atoms with Gasteiger partial charge in [-0.1, -0.05) is 60.7 Å². The van der Waals surface area contributed by atoms with E-state index in [-0.39, 0.29) is 12.1 Å². The molecule has 1 aliphatic heterocycles. The zero-order chi connectivity index (χ0) is 19.6. The van der Waals surface area contributed by atoms with Crippen molar-refractivity contribution in [1.82, 2.24) is 0 Å². The van der Waals surface area contributed by atoms with Gasteiger partial charge in [0, 0.05) is 12.5 Å². The van der Waals surface area contributed by atoms with E-state index >= 15 is 0 Å². The van der Waals surface area contributed by atoms with Crippen LogP contribution in [0.5, 0.6) is 0 Å². The van der Waals surface area contributed by atoms with E-state index in [0.29, 0.717) is 24.9 Å². The lowest BCUT2D eigenvalue weighted by atomic mass is 9.80. The van der Waals surface area contributed by atoms with Crippen LogP contribution in [0.15, 0.2) is 60.7 Å². The Labute approximate surface area is 169 Å². The Kier molecular flexibility index (Phi) is 8.10. The molecular weight excluding hydrogens is 348 g/mol. The van der Waals surface area contributed by atoms with Gasteiger partial charge in [-0.15, -0.1) is 0 Å². The zero-order valence-electron chi connectivity index (χ0n) is 16.9. The van der Waals surface area contributed by atoms with Gasteiger partial charge in [0.05, 0.1) is 13.0 Å². The summed E-state index contributed by atoms with van der Waals surface area (Å²) in [7, 11) is 0. The van der Waals surface area contributed by atoms with Gasteiger partial charge >= 0.3 is 5.97 Å². The number of aryl methyl sites for hydroxylation is 2. The summed E-state index contributed by atoms with van der Waals surface area (Å²) >= 11 is 0. The molecule has 1 fully saturated rings. The van der Waals surface area contributed by atoms with Crippen molar-refractivity contribution in [2.24, 2.45) is 11.8 Å². The Morgan fingerprint density at radius 2 is 1.54 bits per heavy atom. The standard InChI is InChI=1S/C25H32O3/c1-20-24(16-15-22-11-6-3-7-12-22)23(19-27-18-17-25(26)28-20)14-8-13-21-9-4-2-5-10-21/h2-7,9-12,20,23-24H,8,13-19H2,1H3/t20?,23?,24-/m0/s1. The van der Waals surface area contributed by atoms with Crippen molar-refractivity contribution in [1.29, 1.82) is 0 Å². The van der Waals surface area contributed by atoms with Gasteiger partial charge in [0.2, 0.25) is 0 Å². The van der Waals surface area contributed by atoms with Crippen LogP contribution in [0, 0.1) is 11.8 Å². The SMILES string of the molecule is CC1OC(=O)CCOCC(CCCc2ccccc2)[C@H]1CCc1ccccc1. The molecule has 1 saturated heterocycles. The van der Waals surface area contributed by atoms with E-state index in [1.165, 1.54) is 11.1 Å². The van der Waals surface area contributed by atoms with Crippen molar-refractivity contribution in [3.63, 3.8) is 0 Å². The van der Waals surface area contributed by atoms with Crippen LogP contribution < -0.4 is 0 Å². The summed E-state index contributed by atoms with van der Waals surface area (Å²) in [5, 5.41) is 0. The van der Waals surface area contributed by atoms with Crippen molar-refractivity contribution in [3.8, 4) is 0 Å². The Morgan fingerprint density at radius 3 is 2.21 bits per heavy atom. The fourth-order valence-electron chi connectivity index (χ4n) is 4.21. The molecule has 150 valence electrons. The van der Waals surface area contributed by atoms with E-state index in [0.717, 1.165) is 38.7 Å². The normalized spacial score (nSPS) is 23.3. The number of cyclic esters (lactones) is 1. The molecule has 0 bridgehead atoms. The summed E-state index contributed by atoms with van der Waals surface area (Å²) in [6.07, 6.45) is 5.60. The third-order valence-corrected chi connectivity index (χ3v) is 5.80. The highest BCUT2D eigenvalue weighted by molar-refractivity contribution is 5.69. The number of rotatable bonds is 7. The van der Waals surface area contributed by atoms with Gasteiger partial charge in [0.25, 0.3) is 0 Å². The molecule has 3 rings (SSSR count). The van der Waals surface area contributed by atoms with Crippen LogP contribution >= 0.6 is 0 Å². The van der Waals surface area contributed by atoms with Crippen molar-refractivity contribution >= 4 is 5.97 Å². The summed E-state index contributed by atoms with van der Waals surface area (Å²) in [6.45, 7) is 3.24. The van der Waals surface area contributed by atoms with E-state index in [1.807, 2.05) is 6.07 Å². The molecule has 2 aromatic carbocycles. The van der Waals surface area contributed by atoms with E-state index in [4.69, 9.17) is 9.47 Å². The first kappa shape index (κ1) is 20.6. The second kappa shape index (κ2) is 11.0. The van der Waals surface area contributed by atoms with Crippen molar-refractivity contribution in [2.75, 3.05) is 13.2 Å². The lowest BCUT2D eigenvalue weighted by Crippen LogP contribution is -2.32. The largest absolute Gasteiger partial charge is 0.462 e. The van der Waals surface area contributed by atoms with E-state index in [9.17, 15) is 4.79 Å². The summed E-state index contributed by atoms with van der Waals surface area (Å²) in [4.78, 5) is 12.0. The maximum absolute atomic E-state index is 12.0. The summed E-state index contributed by atoms with van der Waals surface area (Å²) in [5.41, 5.74) is 2.72. The van der Waals surface area contributed by atoms with Crippen LogP contribution in [0.1, 0.15) is 43.7 Å². The molecule has 0 amide bonds. The Morgan fingerprint density at radius 1 is 0.893 bits per heavy atom. The van der Waals surface area contributed by atoms with Crippen LogP contribution in [0.4, 0.5) is 0 Å². The first-order valence-electron chi connectivity index (χ1n) is 10.6. The number of hydrogen-bond donors (Lipinski definition) is 0. The average Bonchev–Trinajstić information content (AvgIpc) is 2.78. The topological polar surface area (TPSA) is 35.5 Å². The molecule has 0 N–H and O–H groups in total. The zero-order valence-corrected chi connectivity index (χ0v) is 16.9. The highest BCUT2D eigenvalue weighted by Gasteiger charge is 2.30. The van der Waals surface area contributed by atoms with Crippen LogP contribution in [0.25, 0.3) is 0 Å². The molecule has 0 radical (unpaired) electrons. The van der Waals surface area contributed by atoms with Crippen molar-refractivity contribution in [3.05, 3.63) is 71.8 Å². The predicted molar refractivity (Wildman–Crippen MR) is 112 cm³/mol. The lowest BCUT2D eigenvalue weighted by Gasteiger charge is -2.31. The molecule has 0 spiro atoms. The molecule has 3 atom stereocenters. The molecule has 2 aromatic rings. The predicted octanol–water partition coefficient (Wildman–Crippen LogP) is 5.23. The summed E-state index contributed by atoms with van der Waals surface area (Å²) in [5.74, 6) is 0.591. The molecule has 0 saturated carbocycles. The first-order chi connectivity index (χ1) is 13.7. The fraction of sp³-hybridized carbons (Fsp3) is 0.480. The molecule has 2 unspecified atom stereocenters. The van der Waals surface area contributed by atoms with Gasteiger partial charge in [-0.2, -0.15) is 0 Å². The molecule has 0 aliphatic carbocycles. The lowest BCUT2D eigenvalue weighted by molar-refractivity contribution is -0.151.